The van der Waals surface area contributed by atoms with Gasteiger partial charge in [0.05, 0.1) is 17.5 Å². The number of ether oxygens (including phenoxy) is 1. The first-order valence-electron chi connectivity index (χ1n) is 9.65. The van der Waals surface area contributed by atoms with Gasteiger partial charge in [-0.3, -0.25) is 9.10 Å². The van der Waals surface area contributed by atoms with Crippen LogP contribution in [0.2, 0.25) is 0 Å². The van der Waals surface area contributed by atoms with E-state index in [1.807, 2.05) is 19.1 Å². The van der Waals surface area contributed by atoms with Crippen molar-refractivity contribution in [3.8, 4) is 0 Å². The molecule has 0 N–H and O–H groups in total. The molecule has 0 unspecified atom stereocenters. The highest BCUT2D eigenvalue weighted by atomic mass is 32.2. The molecule has 0 fully saturated rings. The summed E-state index contributed by atoms with van der Waals surface area (Å²) in [5.41, 5.74) is 3.31. The van der Waals surface area contributed by atoms with Crippen molar-refractivity contribution in [2.75, 3.05) is 17.1 Å². The van der Waals surface area contributed by atoms with E-state index in [4.69, 9.17) is 4.74 Å². The SMILES string of the molecule is CCc1ccc(C(=O)[C@@H](C)OC(=O)c2ccc3c(c2)CCCN3S(C)(=O)=O)cc1. The van der Waals surface area contributed by atoms with Gasteiger partial charge in [-0.1, -0.05) is 31.2 Å². The Morgan fingerprint density at radius 3 is 2.38 bits per heavy atom. The van der Waals surface area contributed by atoms with Crippen molar-refractivity contribution >= 4 is 27.5 Å². The third kappa shape index (κ3) is 4.67. The average Bonchev–Trinajstić information content (AvgIpc) is 2.71. The predicted molar refractivity (Wildman–Crippen MR) is 112 cm³/mol. The maximum absolute atomic E-state index is 12.5. The van der Waals surface area contributed by atoms with E-state index in [2.05, 4.69) is 0 Å². The molecule has 0 aliphatic carbocycles. The zero-order valence-corrected chi connectivity index (χ0v) is 17.7. The van der Waals surface area contributed by atoms with Gasteiger partial charge in [-0.25, -0.2) is 13.2 Å². The van der Waals surface area contributed by atoms with Crippen molar-refractivity contribution in [2.24, 2.45) is 0 Å². The fourth-order valence-corrected chi connectivity index (χ4v) is 4.45. The van der Waals surface area contributed by atoms with Gasteiger partial charge in [0.2, 0.25) is 15.8 Å². The van der Waals surface area contributed by atoms with Crippen LogP contribution < -0.4 is 4.31 Å². The number of hydrogen-bond acceptors (Lipinski definition) is 5. The predicted octanol–water partition coefficient (Wildman–Crippen LogP) is 3.39. The molecule has 29 heavy (non-hydrogen) atoms. The highest BCUT2D eigenvalue weighted by molar-refractivity contribution is 7.92. The molecule has 2 aromatic rings. The smallest absolute Gasteiger partial charge is 0.338 e. The molecule has 6 nitrogen and oxygen atoms in total. The van der Waals surface area contributed by atoms with E-state index in [1.54, 1.807) is 31.2 Å². The Balaban J connectivity index is 1.74. The van der Waals surface area contributed by atoms with Gasteiger partial charge in [0.25, 0.3) is 0 Å². The minimum Gasteiger partial charge on any atom is -0.451 e. The molecule has 1 aliphatic heterocycles. The number of carbonyl (C=O) groups excluding carboxylic acids is 2. The molecular formula is C22H25NO5S. The summed E-state index contributed by atoms with van der Waals surface area (Å²) in [6.45, 7) is 4.02. The Bertz CT molecular complexity index is 1030. The van der Waals surface area contributed by atoms with E-state index in [-0.39, 0.29) is 5.78 Å². The molecule has 1 atom stereocenters. The fourth-order valence-electron chi connectivity index (χ4n) is 3.46. The van der Waals surface area contributed by atoms with E-state index in [9.17, 15) is 18.0 Å². The number of nitrogens with zero attached hydrogens (tertiary/aromatic N) is 1. The molecule has 7 heteroatoms. The number of benzene rings is 2. The monoisotopic (exact) mass is 415 g/mol. The lowest BCUT2D eigenvalue weighted by atomic mass is 10.0. The van der Waals surface area contributed by atoms with Crippen LogP contribution in [-0.2, 0) is 27.6 Å². The molecule has 0 radical (unpaired) electrons. The molecule has 2 aromatic carbocycles. The lowest BCUT2D eigenvalue weighted by Crippen LogP contribution is -2.34. The summed E-state index contributed by atoms with van der Waals surface area (Å²) in [4.78, 5) is 25.1. The number of anilines is 1. The quantitative estimate of drug-likeness (QED) is 0.534. The number of Topliss-reactive ketones (excluding diaryl/α,β-unsaturated/α-hetero) is 1. The lowest BCUT2D eigenvalue weighted by molar-refractivity contribution is 0.0318. The molecule has 0 aromatic heterocycles. The number of fused-ring (bicyclic) bond motifs is 1. The van der Waals surface area contributed by atoms with Crippen molar-refractivity contribution in [3.63, 3.8) is 0 Å². The maximum Gasteiger partial charge on any atom is 0.338 e. The van der Waals surface area contributed by atoms with Crippen LogP contribution >= 0.6 is 0 Å². The zero-order chi connectivity index (χ0) is 21.2. The van der Waals surface area contributed by atoms with Gasteiger partial charge in [-0.05, 0) is 55.5 Å². The Labute approximate surface area is 171 Å². The standard InChI is InChI=1S/C22H25NO5S/c1-4-16-7-9-17(10-8-16)21(24)15(2)28-22(25)19-11-12-20-18(14-19)6-5-13-23(20)29(3,26)27/h7-12,14-15H,4-6,13H2,1-3H3/t15-/m1/s1. The largest absolute Gasteiger partial charge is 0.451 e. The van der Waals surface area contributed by atoms with Gasteiger partial charge in [0.1, 0.15) is 0 Å². The van der Waals surface area contributed by atoms with Gasteiger partial charge < -0.3 is 4.74 Å². The number of ketones is 1. The molecule has 1 heterocycles. The second-order valence-corrected chi connectivity index (χ2v) is 9.15. The van der Waals surface area contributed by atoms with Gasteiger partial charge in [0, 0.05) is 12.1 Å². The van der Waals surface area contributed by atoms with E-state index >= 15 is 0 Å². The second kappa shape index (κ2) is 8.37. The summed E-state index contributed by atoms with van der Waals surface area (Å²) in [6.07, 6.45) is 2.50. The minimum atomic E-state index is -3.37. The van der Waals surface area contributed by atoms with Crippen LogP contribution in [0.5, 0.6) is 0 Å². The normalized spacial score (nSPS) is 14.8. The van der Waals surface area contributed by atoms with Crippen LogP contribution in [-0.4, -0.2) is 39.1 Å². The van der Waals surface area contributed by atoms with Gasteiger partial charge >= 0.3 is 5.97 Å². The van der Waals surface area contributed by atoms with E-state index in [0.717, 1.165) is 17.5 Å². The highest BCUT2D eigenvalue weighted by Gasteiger charge is 2.26. The third-order valence-electron chi connectivity index (χ3n) is 5.09. The molecule has 0 spiro atoms. The van der Waals surface area contributed by atoms with Crippen LogP contribution in [0.4, 0.5) is 5.69 Å². The molecule has 1 aliphatic rings. The first-order valence-corrected chi connectivity index (χ1v) is 11.5. The summed E-state index contributed by atoms with van der Waals surface area (Å²) in [5.74, 6) is -0.863. The van der Waals surface area contributed by atoms with Crippen molar-refractivity contribution in [2.45, 2.75) is 39.2 Å². The number of esters is 1. The number of hydrogen-bond donors (Lipinski definition) is 0. The van der Waals surface area contributed by atoms with Crippen LogP contribution in [0.1, 0.15) is 52.1 Å². The molecule has 0 bridgehead atoms. The van der Waals surface area contributed by atoms with Crippen LogP contribution in [0.25, 0.3) is 0 Å². The van der Waals surface area contributed by atoms with E-state index in [0.29, 0.717) is 36.2 Å². The van der Waals surface area contributed by atoms with Crippen molar-refractivity contribution < 1.29 is 22.7 Å². The minimum absolute atomic E-state index is 0.262. The topological polar surface area (TPSA) is 80.8 Å². The molecule has 3 rings (SSSR count). The maximum atomic E-state index is 12.5. The van der Waals surface area contributed by atoms with Crippen molar-refractivity contribution in [1.82, 2.24) is 0 Å². The Morgan fingerprint density at radius 2 is 1.76 bits per heavy atom. The molecular weight excluding hydrogens is 390 g/mol. The molecule has 154 valence electrons. The third-order valence-corrected chi connectivity index (χ3v) is 6.27. The highest BCUT2D eigenvalue weighted by Crippen LogP contribution is 2.30. The van der Waals surface area contributed by atoms with Gasteiger partial charge in [-0.2, -0.15) is 0 Å². The van der Waals surface area contributed by atoms with Crippen LogP contribution in [0.3, 0.4) is 0 Å². The second-order valence-electron chi connectivity index (χ2n) is 7.24. The van der Waals surface area contributed by atoms with E-state index in [1.165, 1.54) is 16.6 Å². The summed E-state index contributed by atoms with van der Waals surface area (Å²) in [6, 6.07) is 12.1. The van der Waals surface area contributed by atoms with Gasteiger partial charge in [0.15, 0.2) is 6.10 Å². The molecule has 0 saturated carbocycles. The summed E-state index contributed by atoms with van der Waals surface area (Å²) in [5, 5.41) is 0. The fraction of sp³-hybridized carbons (Fsp3) is 0.364. The Hall–Kier alpha value is -2.67. The van der Waals surface area contributed by atoms with Crippen LogP contribution in [0, 0.1) is 0 Å². The van der Waals surface area contributed by atoms with Crippen molar-refractivity contribution in [1.29, 1.82) is 0 Å². The average molecular weight is 416 g/mol. The molecule has 0 amide bonds. The number of rotatable bonds is 6. The molecule has 0 saturated heterocycles. The summed E-state index contributed by atoms with van der Waals surface area (Å²) < 4.78 is 30.6. The number of aryl methyl sites for hydroxylation is 2. The van der Waals surface area contributed by atoms with E-state index < -0.39 is 22.1 Å². The summed E-state index contributed by atoms with van der Waals surface area (Å²) in [7, 11) is -3.37. The Morgan fingerprint density at radius 1 is 1.10 bits per heavy atom. The first kappa shape index (κ1) is 21.0. The first-order chi connectivity index (χ1) is 13.7. The lowest BCUT2D eigenvalue weighted by Gasteiger charge is -2.29. The summed E-state index contributed by atoms with van der Waals surface area (Å²) >= 11 is 0. The number of carbonyl (C=O) groups is 2. The zero-order valence-electron chi connectivity index (χ0n) is 16.8. The van der Waals surface area contributed by atoms with Gasteiger partial charge in [-0.15, -0.1) is 0 Å². The van der Waals surface area contributed by atoms with Crippen LogP contribution in [0.15, 0.2) is 42.5 Å². The Kier molecular flexibility index (Phi) is 6.07. The van der Waals surface area contributed by atoms with Crippen molar-refractivity contribution in [3.05, 3.63) is 64.7 Å². The number of sulfonamides is 1.